The minimum atomic E-state index is -3.94. The van der Waals surface area contributed by atoms with E-state index in [2.05, 4.69) is 5.32 Å². The van der Waals surface area contributed by atoms with Crippen LogP contribution in [0, 0.1) is 11.7 Å². The predicted molar refractivity (Wildman–Crippen MR) is 134 cm³/mol. The van der Waals surface area contributed by atoms with E-state index in [0.29, 0.717) is 12.1 Å². The lowest BCUT2D eigenvalue weighted by Gasteiger charge is -2.32. The van der Waals surface area contributed by atoms with Crippen LogP contribution in [-0.4, -0.2) is 57.6 Å². The van der Waals surface area contributed by atoms with Crippen molar-refractivity contribution in [1.82, 2.24) is 10.2 Å². The number of benzene rings is 2. The average Bonchev–Trinajstić information content (AvgIpc) is 2.79. The number of carbonyl (C=O) groups excluding carboxylic acids is 2. The van der Waals surface area contributed by atoms with E-state index in [9.17, 15) is 22.4 Å². The summed E-state index contributed by atoms with van der Waals surface area (Å²) in [5, 5.41) is 3.05. The summed E-state index contributed by atoms with van der Waals surface area (Å²) in [6.45, 7) is 5.22. The maximum Gasteiger partial charge on any atom is 0.244 e. The number of halogens is 2. The summed E-state index contributed by atoms with van der Waals surface area (Å²) in [6.07, 6.45) is 0.962. The number of rotatable bonds is 11. The first kappa shape index (κ1) is 28.4. The topological polar surface area (TPSA) is 96.0 Å². The van der Waals surface area contributed by atoms with Crippen molar-refractivity contribution in [3.05, 3.63) is 58.9 Å². The molecule has 2 rings (SSSR count). The first-order valence-electron chi connectivity index (χ1n) is 11.0. The molecule has 0 saturated heterocycles. The van der Waals surface area contributed by atoms with Gasteiger partial charge in [0.05, 0.1) is 19.1 Å². The highest BCUT2D eigenvalue weighted by Crippen LogP contribution is 2.33. The Bertz CT molecular complexity index is 1140. The molecule has 8 nitrogen and oxygen atoms in total. The van der Waals surface area contributed by atoms with Crippen LogP contribution in [0.1, 0.15) is 26.3 Å². The number of sulfonamides is 1. The molecule has 0 spiro atoms. The van der Waals surface area contributed by atoms with E-state index in [-0.39, 0.29) is 34.8 Å². The number of hydrogen-bond donors (Lipinski definition) is 1. The first-order valence-corrected chi connectivity index (χ1v) is 13.2. The third kappa shape index (κ3) is 8.10. The zero-order valence-corrected chi connectivity index (χ0v) is 22.0. The molecule has 192 valence electrons. The second-order valence-electron chi connectivity index (χ2n) is 8.55. The molecule has 11 heteroatoms. The van der Waals surface area contributed by atoms with Crippen LogP contribution in [0.3, 0.4) is 0 Å². The largest absolute Gasteiger partial charge is 0.495 e. The van der Waals surface area contributed by atoms with Gasteiger partial charge in [-0.05, 0) is 48.7 Å². The molecule has 1 N–H and O–H groups in total. The van der Waals surface area contributed by atoms with Gasteiger partial charge in [-0.15, -0.1) is 0 Å². The highest BCUT2D eigenvalue weighted by Gasteiger charge is 2.31. The summed E-state index contributed by atoms with van der Waals surface area (Å²) >= 11 is 6.08. The highest BCUT2D eigenvalue weighted by molar-refractivity contribution is 7.92. The Kier molecular flexibility index (Phi) is 9.91. The zero-order chi connectivity index (χ0) is 26.3. The van der Waals surface area contributed by atoms with Gasteiger partial charge in [-0.1, -0.05) is 37.6 Å². The van der Waals surface area contributed by atoms with Crippen molar-refractivity contribution >= 4 is 39.1 Å². The fourth-order valence-electron chi connectivity index (χ4n) is 3.27. The maximum absolute atomic E-state index is 13.5. The van der Waals surface area contributed by atoms with Gasteiger partial charge in [0, 0.05) is 18.1 Å². The lowest BCUT2D eigenvalue weighted by Crippen LogP contribution is -2.51. The van der Waals surface area contributed by atoms with Crippen LogP contribution in [0.25, 0.3) is 0 Å². The van der Waals surface area contributed by atoms with Crippen LogP contribution in [0.15, 0.2) is 42.5 Å². The van der Waals surface area contributed by atoms with E-state index < -0.39 is 34.3 Å². The normalized spacial score (nSPS) is 12.2. The lowest BCUT2D eigenvalue weighted by molar-refractivity contribution is -0.139. The number of hydrogen-bond acceptors (Lipinski definition) is 5. The van der Waals surface area contributed by atoms with Crippen molar-refractivity contribution in [2.45, 2.75) is 33.4 Å². The Labute approximate surface area is 211 Å². The number of anilines is 1. The standard InChI is InChI=1S/C24H31ClFN3O5S/c1-16(2)13-27-24(31)17(3)28(14-18-6-9-20(26)10-7-18)23(30)15-29(35(5,32)33)21-12-19(25)8-11-22(21)34-4/h6-12,16-17H,13-15H2,1-5H3,(H,27,31)/t17-/m1/s1. The van der Waals surface area contributed by atoms with E-state index in [1.54, 1.807) is 6.92 Å². The van der Waals surface area contributed by atoms with Crippen molar-refractivity contribution in [2.75, 3.05) is 30.8 Å². The van der Waals surface area contributed by atoms with Gasteiger partial charge in [0.1, 0.15) is 24.2 Å². The first-order chi connectivity index (χ1) is 16.3. The minimum Gasteiger partial charge on any atom is -0.495 e. The number of nitrogens with zero attached hydrogens (tertiary/aromatic N) is 2. The van der Waals surface area contributed by atoms with Crippen LogP contribution < -0.4 is 14.4 Å². The minimum absolute atomic E-state index is 0.0281. The Hall–Kier alpha value is -2.85. The van der Waals surface area contributed by atoms with Gasteiger partial charge in [0.15, 0.2) is 0 Å². The molecule has 2 amide bonds. The Morgan fingerprint density at radius 1 is 1.11 bits per heavy atom. The fourth-order valence-corrected chi connectivity index (χ4v) is 4.29. The Morgan fingerprint density at radius 2 is 1.74 bits per heavy atom. The molecule has 0 aliphatic rings. The molecule has 0 aromatic heterocycles. The van der Waals surface area contributed by atoms with Crippen molar-refractivity contribution in [3.8, 4) is 5.75 Å². The second-order valence-corrected chi connectivity index (χ2v) is 10.9. The van der Waals surface area contributed by atoms with E-state index in [0.717, 1.165) is 10.6 Å². The molecule has 0 fully saturated rings. The molecule has 1 atom stereocenters. The smallest absolute Gasteiger partial charge is 0.244 e. The molecule has 0 bridgehead atoms. The molecule has 0 aliphatic heterocycles. The summed E-state index contributed by atoms with van der Waals surface area (Å²) < 4.78 is 44.9. The predicted octanol–water partition coefficient (Wildman–Crippen LogP) is 3.44. The number of amides is 2. The number of ether oxygens (including phenoxy) is 1. The van der Waals surface area contributed by atoms with Crippen LogP contribution >= 0.6 is 11.6 Å². The van der Waals surface area contributed by atoms with Crippen molar-refractivity contribution in [2.24, 2.45) is 5.92 Å². The molecular weight excluding hydrogens is 497 g/mol. The monoisotopic (exact) mass is 527 g/mol. The van der Waals surface area contributed by atoms with Gasteiger partial charge in [-0.25, -0.2) is 12.8 Å². The van der Waals surface area contributed by atoms with Gasteiger partial charge in [0.2, 0.25) is 21.8 Å². The molecule has 35 heavy (non-hydrogen) atoms. The van der Waals surface area contributed by atoms with Crippen LogP contribution in [0.2, 0.25) is 5.02 Å². The van der Waals surface area contributed by atoms with Gasteiger partial charge < -0.3 is 15.0 Å². The summed E-state index contributed by atoms with van der Waals surface area (Å²) in [4.78, 5) is 27.6. The SMILES string of the molecule is COc1ccc(Cl)cc1N(CC(=O)N(Cc1ccc(F)cc1)[C@H](C)C(=O)NCC(C)C)S(C)(=O)=O. The summed E-state index contributed by atoms with van der Waals surface area (Å²) in [7, 11) is -2.57. The quantitative estimate of drug-likeness (QED) is 0.483. The fraction of sp³-hybridized carbons (Fsp3) is 0.417. The molecule has 0 heterocycles. The number of carbonyl (C=O) groups is 2. The van der Waals surface area contributed by atoms with Crippen LogP contribution in [0.5, 0.6) is 5.75 Å². The lowest BCUT2D eigenvalue weighted by atomic mass is 10.1. The van der Waals surface area contributed by atoms with Gasteiger partial charge in [-0.3, -0.25) is 13.9 Å². The van der Waals surface area contributed by atoms with E-state index in [1.165, 1.54) is 54.5 Å². The summed E-state index contributed by atoms with van der Waals surface area (Å²) in [6, 6.07) is 9.01. The molecule has 0 unspecified atom stereocenters. The van der Waals surface area contributed by atoms with Gasteiger partial charge in [0.25, 0.3) is 0 Å². The van der Waals surface area contributed by atoms with E-state index in [4.69, 9.17) is 16.3 Å². The highest BCUT2D eigenvalue weighted by atomic mass is 35.5. The van der Waals surface area contributed by atoms with Crippen LogP contribution in [-0.2, 0) is 26.2 Å². The molecule has 0 aliphatic carbocycles. The number of methoxy groups -OCH3 is 1. The molecule has 2 aromatic carbocycles. The Morgan fingerprint density at radius 3 is 2.29 bits per heavy atom. The third-order valence-electron chi connectivity index (χ3n) is 5.21. The van der Waals surface area contributed by atoms with Crippen molar-refractivity contribution in [1.29, 1.82) is 0 Å². The van der Waals surface area contributed by atoms with Gasteiger partial charge >= 0.3 is 0 Å². The average molecular weight is 528 g/mol. The maximum atomic E-state index is 13.5. The van der Waals surface area contributed by atoms with Crippen molar-refractivity contribution in [3.63, 3.8) is 0 Å². The molecular formula is C24H31ClFN3O5S. The third-order valence-corrected chi connectivity index (χ3v) is 6.57. The zero-order valence-electron chi connectivity index (χ0n) is 20.4. The van der Waals surface area contributed by atoms with Crippen LogP contribution in [0.4, 0.5) is 10.1 Å². The van der Waals surface area contributed by atoms with E-state index in [1.807, 2.05) is 13.8 Å². The summed E-state index contributed by atoms with van der Waals surface area (Å²) in [5.74, 6) is -1.05. The molecule has 0 saturated carbocycles. The van der Waals surface area contributed by atoms with E-state index >= 15 is 0 Å². The van der Waals surface area contributed by atoms with Crippen molar-refractivity contribution < 1.29 is 27.1 Å². The Balaban J connectivity index is 2.43. The second kappa shape index (κ2) is 12.2. The summed E-state index contributed by atoms with van der Waals surface area (Å²) in [5.41, 5.74) is 0.670. The molecule has 2 aromatic rings. The van der Waals surface area contributed by atoms with Gasteiger partial charge in [-0.2, -0.15) is 0 Å². The number of nitrogens with one attached hydrogen (secondary N) is 1. The molecule has 0 radical (unpaired) electrons.